The zero-order valence-corrected chi connectivity index (χ0v) is 18.8. The predicted molar refractivity (Wildman–Crippen MR) is 122 cm³/mol. The fourth-order valence-corrected chi connectivity index (χ4v) is 4.30. The summed E-state index contributed by atoms with van der Waals surface area (Å²) in [5.74, 6) is -0.0629. The Morgan fingerprint density at radius 1 is 1.06 bits per heavy atom. The number of halogens is 1. The lowest BCUT2D eigenvalue weighted by Gasteiger charge is -2.15. The third kappa shape index (κ3) is 4.18. The van der Waals surface area contributed by atoms with Gasteiger partial charge in [0.05, 0.1) is 17.6 Å². The van der Waals surface area contributed by atoms with E-state index in [1.54, 1.807) is 59.3 Å². The zero-order chi connectivity index (χ0) is 22.9. The van der Waals surface area contributed by atoms with Crippen LogP contribution in [-0.2, 0) is 10.0 Å². The summed E-state index contributed by atoms with van der Waals surface area (Å²) in [6, 6.07) is 18.2. The van der Waals surface area contributed by atoms with Crippen molar-refractivity contribution in [3.05, 3.63) is 83.7 Å². The second kappa shape index (κ2) is 8.62. The zero-order valence-electron chi connectivity index (χ0n) is 17.2. The molecule has 10 heteroatoms. The lowest BCUT2D eigenvalue weighted by Crippen LogP contribution is -2.24. The molecule has 0 unspecified atom stereocenters. The Hall–Kier alpha value is -3.40. The SMILES string of the molecule is CN(C)S(=O)(=O)c1ccccc1NC(=O)c1cc(-c2ccco2)n(-c2cccc(Cl)c2)n1. The van der Waals surface area contributed by atoms with Crippen molar-refractivity contribution in [1.82, 2.24) is 14.1 Å². The van der Waals surface area contributed by atoms with Gasteiger partial charge in [0.25, 0.3) is 5.91 Å². The molecule has 0 saturated heterocycles. The summed E-state index contributed by atoms with van der Waals surface area (Å²) in [5.41, 5.74) is 1.41. The molecule has 0 saturated carbocycles. The van der Waals surface area contributed by atoms with Crippen molar-refractivity contribution < 1.29 is 17.6 Å². The maximum Gasteiger partial charge on any atom is 0.276 e. The van der Waals surface area contributed by atoms with E-state index in [0.29, 0.717) is 22.2 Å². The topological polar surface area (TPSA) is 97.4 Å². The number of anilines is 1. The maximum atomic E-state index is 13.0. The number of carbonyl (C=O) groups is 1. The van der Waals surface area contributed by atoms with Gasteiger partial charge in [0, 0.05) is 25.2 Å². The van der Waals surface area contributed by atoms with Crippen LogP contribution in [0.3, 0.4) is 0 Å². The Labute approximate surface area is 190 Å². The third-order valence-corrected chi connectivity index (χ3v) is 6.77. The number of benzene rings is 2. The normalized spacial score (nSPS) is 11.6. The minimum Gasteiger partial charge on any atom is -0.463 e. The van der Waals surface area contributed by atoms with Crippen molar-refractivity contribution in [2.75, 3.05) is 19.4 Å². The predicted octanol–water partition coefficient (Wildman–Crippen LogP) is 4.29. The third-order valence-electron chi connectivity index (χ3n) is 4.66. The highest BCUT2D eigenvalue weighted by molar-refractivity contribution is 7.89. The van der Waals surface area contributed by atoms with E-state index in [0.717, 1.165) is 4.31 Å². The van der Waals surface area contributed by atoms with Crippen LogP contribution in [0.5, 0.6) is 0 Å². The van der Waals surface area contributed by atoms with Gasteiger partial charge in [0.1, 0.15) is 10.6 Å². The number of hydrogen-bond donors (Lipinski definition) is 1. The molecule has 0 aliphatic rings. The Balaban J connectivity index is 1.75. The maximum absolute atomic E-state index is 13.0. The number of sulfonamides is 1. The van der Waals surface area contributed by atoms with Gasteiger partial charge in [-0.3, -0.25) is 4.79 Å². The van der Waals surface area contributed by atoms with E-state index >= 15 is 0 Å². The fraction of sp³-hybridized carbons (Fsp3) is 0.0909. The number of aromatic nitrogens is 2. The Bertz CT molecular complexity index is 1380. The molecule has 2 heterocycles. The Morgan fingerprint density at radius 3 is 2.53 bits per heavy atom. The van der Waals surface area contributed by atoms with E-state index in [1.807, 2.05) is 0 Å². The molecule has 0 radical (unpaired) electrons. The molecule has 0 atom stereocenters. The molecule has 164 valence electrons. The monoisotopic (exact) mass is 470 g/mol. The first-order valence-electron chi connectivity index (χ1n) is 9.50. The smallest absolute Gasteiger partial charge is 0.276 e. The van der Waals surface area contributed by atoms with E-state index in [-0.39, 0.29) is 16.3 Å². The molecule has 0 spiro atoms. The van der Waals surface area contributed by atoms with E-state index < -0.39 is 15.9 Å². The quantitative estimate of drug-likeness (QED) is 0.453. The summed E-state index contributed by atoms with van der Waals surface area (Å²) in [6.07, 6.45) is 1.52. The van der Waals surface area contributed by atoms with Crippen LogP contribution in [-0.4, -0.2) is 42.5 Å². The Kier molecular flexibility index (Phi) is 5.88. The van der Waals surface area contributed by atoms with Gasteiger partial charge in [0.2, 0.25) is 10.0 Å². The van der Waals surface area contributed by atoms with E-state index in [1.165, 1.54) is 32.5 Å². The summed E-state index contributed by atoms with van der Waals surface area (Å²) in [7, 11) is -0.905. The van der Waals surface area contributed by atoms with Crippen molar-refractivity contribution in [3.8, 4) is 17.1 Å². The summed E-state index contributed by atoms with van der Waals surface area (Å²) < 4.78 is 33.4. The van der Waals surface area contributed by atoms with Crippen LogP contribution in [0.4, 0.5) is 5.69 Å². The molecule has 1 amide bonds. The van der Waals surface area contributed by atoms with E-state index in [2.05, 4.69) is 10.4 Å². The van der Waals surface area contributed by atoms with Gasteiger partial charge >= 0.3 is 0 Å². The first kappa shape index (κ1) is 21.8. The van der Waals surface area contributed by atoms with Crippen LogP contribution >= 0.6 is 11.6 Å². The Morgan fingerprint density at radius 2 is 1.84 bits per heavy atom. The first-order valence-corrected chi connectivity index (χ1v) is 11.3. The number of rotatable bonds is 6. The number of nitrogens with one attached hydrogen (secondary N) is 1. The lowest BCUT2D eigenvalue weighted by atomic mass is 10.2. The molecular formula is C22H19ClN4O4S. The second-order valence-electron chi connectivity index (χ2n) is 7.02. The van der Waals surface area contributed by atoms with Crippen molar-refractivity contribution in [2.24, 2.45) is 0 Å². The summed E-state index contributed by atoms with van der Waals surface area (Å²) >= 11 is 6.13. The highest BCUT2D eigenvalue weighted by atomic mass is 35.5. The summed E-state index contributed by atoms with van der Waals surface area (Å²) in [6.45, 7) is 0. The lowest BCUT2D eigenvalue weighted by molar-refractivity contribution is 0.102. The highest BCUT2D eigenvalue weighted by Gasteiger charge is 2.24. The van der Waals surface area contributed by atoms with Crippen LogP contribution in [0.1, 0.15) is 10.5 Å². The average Bonchev–Trinajstić information content (AvgIpc) is 3.44. The van der Waals surface area contributed by atoms with Crippen molar-refractivity contribution >= 4 is 33.2 Å². The molecule has 0 aliphatic carbocycles. The molecule has 0 aliphatic heterocycles. The molecule has 0 bridgehead atoms. The van der Waals surface area contributed by atoms with Crippen LogP contribution in [0.15, 0.2) is 82.3 Å². The largest absolute Gasteiger partial charge is 0.463 e. The molecule has 2 aromatic carbocycles. The van der Waals surface area contributed by atoms with Gasteiger partial charge in [-0.25, -0.2) is 17.4 Å². The highest BCUT2D eigenvalue weighted by Crippen LogP contribution is 2.27. The summed E-state index contributed by atoms with van der Waals surface area (Å²) in [5, 5.41) is 7.60. The number of amides is 1. The number of nitrogens with zero attached hydrogens (tertiary/aromatic N) is 3. The standard InChI is InChI=1S/C22H19ClN4O4S/c1-26(2)32(29,30)21-11-4-3-9-17(21)24-22(28)18-14-19(20-10-6-12-31-20)27(25-18)16-8-5-7-15(23)13-16/h3-14H,1-2H3,(H,24,28). The van der Waals surface area contributed by atoms with Gasteiger partial charge < -0.3 is 9.73 Å². The fourth-order valence-electron chi connectivity index (χ4n) is 3.07. The van der Waals surface area contributed by atoms with Crippen molar-refractivity contribution in [1.29, 1.82) is 0 Å². The first-order chi connectivity index (χ1) is 15.3. The van der Waals surface area contributed by atoms with Gasteiger partial charge in [0.15, 0.2) is 11.5 Å². The molecule has 0 fully saturated rings. The molecule has 32 heavy (non-hydrogen) atoms. The van der Waals surface area contributed by atoms with Crippen LogP contribution in [0, 0.1) is 0 Å². The average molecular weight is 471 g/mol. The number of para-hydroxylation sites is 1. The molecule has 1 N–H and O–H groups in total. The second-order valence-corrected chi connectivity index (χ2v) is 9.58. The summed E-state index contributed by atoms with van der Waals surface area (Å²) in [4.78, 5) is 13.0. The molecule has 4 aromatic rings. The van der Waals surface area contributed by atoms with E-state index in [9.17, 15) is 13.2 Å². The van der Waals surface area contributed by atoms with E-state index in [4.69, 9.17) is 16.0 Å². The molecular weight excluding hydrogens is 452 g/mol. The number of furan rings is 1. The molecule has 2 aromatic heterocycles. The van der Waals surface area contributed by atoms with Crippen molar-refractivity contribution in [2.45, 2.75) is 4.90 Å². The minimum atomic E-state index is -3.76. The van der Waals surface area contributed by atoms with Crippen LogP contribution in [0.25, 0.3) is 17.1 Å². The van der Waals surface area contributed by atoms with Crippen LogP contribution < -0.4 is 5.32 Å². The van der Waals surface area contributed by atoms with Crippen molar-refractivity contribution in [3.63, 3.8) is 0 Å². The van der Waals surface area contributed by atoms with Gasteiger partial charge in [-0.1, -0.05) is 29.8 Å². The molecule has 4 rings (SSSR count). The van der Waals surface area contributed by atoms with Gasteiger partial charge in [-0.05, 0) is 42.5 Å². The number of carbonyl (C=O) groups excluding carboxylic acids is 1. The molecule has 8 nitrogen and oxygen atoms in total. The number of hydrogen-bond acceptors (Lipinski definition) is 5. The van der Waals surface area contributed by atoms with Gasteiger partial charge in [-0.15, -0.1) is 0 Å². The van der Waals surface area contributed by atoms with Gasteiger partial charge in [-0.2, -0.15) is 5.10 Å². The van der Waals surface area contributed by atoms with Crippen LogP contribution in [0.2, 0.25) is 5.02 Å². The minimum absolute atomic E-state index is 0.0149.